The molecule has 1 atom stereocenters. The van der Waals surface area contributed by atoms with Crippen molar-refractivity contribution < 1.29 is 27.8 Å². The molecule has 1 heterocycles. The van der Waals surface area contributed by atoms with Crippen molar-refractivity contribution in [1.29, 1.82) is 0 Å². The molecule has 1 fully saturated rings. The van der Waals surface area contributed by atoms with E-state index < -0.39 is 12.1 Å². The molecule has 1 aliphatic heterocycles. The summed E-state index contributed by atoms with van der Waals surface area (Å²) in [6.45, 7) is 11.1. The zero-order chi connectivity index (χ0) is 28.5. The van der Waals surface area contributed by atoms with Gasteiger partial charge in [0.1, 0.15) is 11.9 Å². The van der Waals surface area contributed by atoms with Crippen LogP contribution in [0.15, 0.2) is 42.5 Å². The van der Waals surface area contributed by atoms with Crippen molar-refractivity contribution in [3.63, 3.8) is 0 Å². The first-order valence-corrected chi connectivity index (χ1v) is 13.1. The van der Waals surface area contributed by atoms with Crippen LogP contribution in [0.1, 0.15) is 37.5 Å². The van der Waals surface area contributed by atoms with Gasteiger partial charge in [-0.25, -0.2) is 4.79 Å². The van der Waals surface area contributed by atoms with Crippen LogP contribution in [0.3, 0.4) is 0 Å². The van der Waals surface area contributed by atoms with Gasteiger partial charge in [0.15, 0.2) is 0 Å². The van der Waals surface area contributed by atoms with Gasteiger partial charge in [-0.3, -0.25) is 9.80 Å². The number of halogens is 5. The summed E-state index contributed by atoms with van der Waals surface area (Å²) >= 11 is 12.2. The molecule has 38 heavy (non-hydrogen) atoms. The SMILES string of the molecule is CC(C)N1CCN(Cc2ccc(C(CCN(C)C)Oc3ccc(Cl)c(Cl)c3)cc2)CC1.O=C(O)C(F)(F)F. The number of ether oxygens (including phenoxy) is 1. The fourth-order valence-electron chi connectivity index (χ4n) is 3.92. The number of carboxylic acid groups (broad SMARTS) is 1. The molecule has 0 spiro atoms. The number of rotatable bonds is 9. The molecule has 2 aromatic rings. The van der Waals surface area contributed by atoms with Gasteiger partial charge in [-0.2, -0.15) is 13.2 Å². The lowest BCUT2D eigenvalue weighted by atomic mass is 10.0. The summed E-state index contributed by atoms with van der Waals surface area (Å²) in [6, 6.07) is 15.0. The summed E-state index contributed by atoms with van der Waals surface area (Å²) in [5.74, 6) is -2.02. The van der Waals surface area contributed by atoms with Gasteiger partial charge in [0.2, 0.25) is 0 Å². The number of carbonyl (C=O) groups is 1. The van der Waals surface area contributed by atoms with Gasteiger partial charge >= 0.3 is 12.1 Å². The molecule has 0 bridgehead atoms. The highest BCUT2D eigenvalue weighted by Gasteiger charge is 2.38. The van der Waals surface area contributed by atoms with Gasteiger partial charge in [0, 0.05) is 57.8 Å². The third-order valence-electron chi connectivity index (χ3n) is 6.15. The smallest absolute Gasteiger partial charge is 0.486 e. The fourth-order valence-corrected chi connectivity index (χ4v) is 4.21. The van der Waals surface area contributed by atoms with E-state index in [2.05, 4.69) is 66.9 Å². The molecule has 0 radical (unpaired) electrons. The van der Waals surface area contributed by atoms with Gasteiger partial charge in [0.25, 0.3) is 0 Å². The van der Waals surface area contributed by atoms with Crippen molar-refractivity contribution in [2.45, 2.75) is 45.1 Å². The molecular formula is C27H36Cl2F3N3O3. The van der Waals surface area contributed by atoms with E-state index in [0.29, 0.717) is 16.1 Å². The van der Waals surface area contributed by atoms with Crippen molar-refractivity contribution in [2.75, 3.05) is 46.8 Å². The molecular weight excluding hydrogens is 542 g/mol. The number of aliphatic carboxylic acids is 1. The lowest BCUT2D eigenvalue weighted by Gasteiger charge is -2.37. The molecule has 2 aromatic carbocycles. The highest BCUT2D eigenvalue weighted by Crippen LogP contribution is 2.31. The molecule has 212 valence electrons. The predicted octanol–water partition coefficient (Wildman–Crippen LogP) is 6.22. The monoisotopic (exact) mass is 577 g/mol. The Balaban J connectivity index is 0.000000638. The van der Waals surface area contributed by atoms with Crippen LogP contribution in [0.4, 0.5) is 13.2 Å². The van der Waals surface area contributed by atoms with Crippen LogP contribution in [0, 0.1) is 0 Å². The zero-order valence-corrected chi connectivity index (χ0v) is 23.7. The Morgan fingerprint density at radius 3 is 2.08 bits per heavy atom. The number of hydrogen-bond acceptors (Lipinski definition) is 5. The van der Waals surface area contributed by atoms with Gasteiger partial charge in [-0.15, -0.1) is 0 Å². The molecule has 6 nitrogen and oxygen atoms in total. The molecule has 1 N–H and O–H groups in total. The molecule has 0 amide bonds. The first-order valence-electron chi connectivity index (χ1n) is 12.4. The van der Waals surface area contributed by atoms with E-state index in [9.17, 15) is 13.2 Å². The molecule has 1 saturated heterocycles. The molecule has 1 unspecified atom stereocenters. The van der Waals surface area contributed by atoms with E-state index >= 15 is 0 Å². The van der Waals surface area contributed by atoms with Gasteiger partial charge in [-0.05, 0) is 51.2 Å². The number of alkyl halides is 3. The van der Waals surface area contributed by atoms with Crippen molar-refractivity contribution in [2.24, 2.45) is 0 Å². The minimum atomic E-state index is -5.08. The van der Waals surface area contributed by atoms with Gasteiger partial charge in [0.05, 0.1) is 10.0 Å². The van der Waals surface area contributed by atoms with E-state index in [1.165, 1.54) is 11.1 Å². The average Bonchev–Trinajstić information content (AvgIpc) is 2.84. The van der Waals surface area contributed by atoms with Gasteiger partial charge < -0.3 is 14.7 Å². The zero-order valence-electron chi connectivity index (χ0n) is 22.1. The molecule has 0 aliphatic carbocycles. The summed E-state index contributed by atoms with van der Waals surface area (Å²) in [5.41, 5.74) is 2.53. The minimum Gasteiger partial charge on any atom is -0.486 e. The summed E-state index contributed by atoms with van der Waals surface area (Å²) in [4.78, 5) is 16.2. The molecule has 3 rings (SSSR count). The molecule has 0 aromatic heterocycles. The number of nitrogens with zero attached hydrogens (tertiary/aromatic N) is 3. The van der Waals surface area contributed by atoms with E-state index in [-0.39, 0.29) is 6.10 Å². The number of hydrogen-bond donors (Lipinski definition) is 1. The summed E-state index contributed by atoms with van der Waals surface area (Å²) in [5, 5.41) is 8.18. The van der Waals surface area contributed by atoms with Crippen molar-refractivity contribution in [1.82, 2.24) is 14.7 Å². The van der Waals surface area contributed by atoms with Crippen molar-refractivity contribution in [3.05, 3.63) is 63.6 Å². The van der Waals surface area contributed by atoms with Crippen LogP contribution in [-0.4, -0.2) is 84.8 Å². The highest BCUT2D eigenvalue weighted by atomic mass is 35.5. The second-order valence-corrected chi connectivity index (χ2v) is 10.5. The number of benzene rings is 2. The fraction of sp³-hybridized carbons (Fsp3) is 0.519. The Morgan fingerprint density at radius 1 is 1.03 bits per heavy atom. The Hall–Kier alpha value is -2.04. The quantitative estimate of drug-likeness (QED) is 0.381. The number of carboxylic acids is 1. The molecule has 0 saturated carbocycles. The normalized spacial score (nSPS) is 15.8. The van der Waals surface area contributed by atoms with Crippen LogP contribution in [0.25, 0.3) is 0 Å². The van der Waals surface area contributed by atoms with Crippen LogP contribution in [0.2, 0.25) is 10.0 Å². The highest BCUT2D eigenvalue weighted by molar-refractivity contribution is 6.42. The van der Waals surface area contributed by atoms with Crippen LogP contribution in [0.5, 0.6) is 5.75 Å². The summed E-state index contributed by atoms with van der Waals surface area (Å²) in [7, 11) is 4.16. The summed E-state index contributed by atoms with van der Waals surface area (Å²) in [6.07, 6.45) is -4.23. The van der Waals surface area contributed by atoms with E-state index in [4.69, 9.17) is 37.8 Å². The van der Waals surface area contributed by atoms with Crippen molar-refractivity contribution >= 4 is 29.2 Å². The van der Waals surface area contributed by atoms with E-state index in [1.54, 1.807) is 12.1 Å². The maximum absolute atomic E-state index is 10.6. The van der Waals surface area contributed by atoms with Crippen LogP contribution in [-0.2, 0) is 11.3 Å². The van der Waals surface area contributed by atoms with Crippen LogP contribution >= 0.6 is 23.2 Å². The first-order chi connectivity index (χ1) is 17.8. The second-order valence-electron chi connectivity index (χ2n) is 9.72. The lowest BCUT2D eigenvalue weighted by molar-refractivity contribution is -0.192. The Kier molecular flexibility index (Phi) is 12.6. The van der Waals surface area contributed by atoms with Crippen molar-refractivity contribution in [3.8, 4) is 5.75 Å². The van der Waals surface area contributed by atoms with Crippen LogP contribution < -0.4 is 4.74 Å². The van der Waals surface area contributed by atoms with Gasteiger partial charge in [-0.1, -0.05) is 47.5 Å². The topological polar surface area (TPSA) is 56.2 Å². The average molecular weight is 579 g/mol. The summed E-state index contributed by atoms with van der Waals surface area (Å²) < 4.78 is 38.1. The maximum atomic E-state index is 10.6. The standard InChI is InChI=1S/C25H35Cl2N3O.C2HF3O2/c1-19(2)30-15-13-29(14-16-30)18-20-5-7-21(8-6-20)25(11-12-28(3)4)31-22-9-10-23(26)24(27)17-22;3-2(4,5)1(6)7/h5-10,17,19,25H,11-16,18H2,1-4H3;(H,6,7). The van der Waals surface area contributed by atoms with E-state index in [0.717, 1.165) is 51.4 Å². The Bertz CT molecular complexity index is 1010. The largest absolute Gasteiger partial charge is 0.490 e. The molecule has 11 heteroatoms. The Morgan fingerprint density at radius 2 is 1.61 bits per heavy atom. The Labute approximate surface area is 232 Å². The molecule has 1 aliphatic rings. The maximum Gasteiger partial charge on any atom is 0.490 e. The third kappa shape index (κ3) is 11.0. The lowest BCUT2D eigenvalue weighted by Crippen LogP contribution is -2.48. The first kappa shape index (κ1) is 32.2. The predicted molar refractivity (Wildman–Crippen MR) is 145 cm³/mol. The second kappa shape index (κ2) is 14.9. The minimum absolute atomic E-state index is 0.0386. The third-order valence-corrected chi connectivity index (χ3v) is 6.88. The number of piperazine rings is 1. The van der Waals surface area contributed by atoms with E-state index in [1.807, 2.05) is 6.07 Å².